The normalized spacial score (nSPS) is 19.8. The third kappa shape index (κ3) is 5.83. The van der Waals surface area contributed by atoms with Crippen LogP contribution in [-0.4, -0.2) is 18.4 Å². The Hall–Kier alpha value is -2.82. The Morgan fingerprint density at radius 3 is 2.10 bits per heavy atom. The van der Waals surface area contributed by atoms with Crippen LogP contribution in [0.25, 0.3) is 0 Å². The summed E-state index contributed by atoms with van der Waals surface area (Å²) in [4.78, 5) is 25.2. The highest BCUT2D eigenvalue weighted by atomic mass is 16.5. The van der Waals surface area contributed by atoms with E-state index in [1.807, 2.05) is 68.4 Å². The molecule has 1 fully saturated rings. The number of hydrogen-bond acceptors (Lipinski definition) is 3. The topological polar surface area (TPSA) is 67.4 Å². The smallest absolute Gasteiger partial charge is 0.227 e. The zero-order valence-electron chi connectivity index (χ0n) is 17.2. The van der Waals surface area contributed by atoms with Gasteiger partial charge in [0, 0.05) is 17.5 Å². The number of anilines is 1. The standard InChI is InChI=1S/C24H30N2O3/c1-3-29-22-15-13-21(14-16-22)26-24(28)20-11-9-19(10-12-20)23(27)25-17(2)18-7-5-4-6-8-18/h4-8,13-17,19-20H,3,9-12H2,1-2H3,(H,25,27)(H,26,28). The van der Waals surface area contributed by atoms with Crippen molar-refractivity contribution in [2.75, 3.05) is 11.9 Å². The van der Waals surface area contributed by atoms with Gasteiger partial charge in [0.15, 0.2) is 0 Å². The summed E-state index contributed by atoms with van der Waals surface area (Å²) < 4.78 is 5.42. The van der Waals surface area contributed by atoms with E-state index >= 15 is 0 Å². The van der Waals surface area contributed by atoms with Crippen LogP contribution in [0.3, 0.4) is 0 Å². The minimum absolute atomic E-state index is 0.00983. The molecular formula is C24H30N2O3. The van der Waals surface area contributed by atoms with Crippen LogP contribution in [0.2, 0.25) is 0 Å². The monoisotopic (exact) mass is 394 g/mol. The zero-order valence-corrected chi connectivity index (χ0v) is 17.2. The van der Waals surface area contributed by atoms with E-state index in [-0.39, 0.29) is 29.7 Å². The Bertz CT molecular complexity index is 797. The number of nitrogens with one attached hydrogen (secondary N) is 2. The van der Waals surface area contributed by atoms with Gasteiger partial charge < -0.3 is 15.4 Å². The minimum atomic E-state index is -0.0443. The third-order valence-corrected chi connectivity index (χ3v) is 5.56. The number of carbonyl (C=O) groups is 2. The van der Waals surface area contributed by atoms with E-state index in [0.29, 0.717) is 6.61 Å². The van der Waals surface area contributed by atoms with Crippen LogP contribution in [0.5, 0.6) is 5.75 Å². The maximum absolute atomic E-state index is 12.6. The van der Waals surface area contributed by atoms with E-state index in [9.17, 15) is 9.59 Å². The van der Waals surface area contributed by atoms with Crippen molar-refractivity contribution in [3.05, 3.63) is 60.2 Å². The lowest BCUT2D eigenvalue weighted by Crippen LogP contribution is -2.36. The molecule has 1 saturated carbocycles. The first-order valence-electron chi connectivity index (χ1n) is 10.5. The van der Waals surface area contributed by atoms with E-state index in [2.05, 4.69) is 10.6 Å². The molecule has 3 rings (SSSR count). The molecule has 1 atom stereocenters. The van der Waals surface area contributed by atoms with Crippen LogP contribution < -0.4 is 15.4 Å². The second-order valence-electron chi connectivity index (χ2n) is 7.64. The van der Waals surface area contributed by atoms with Crippen molar-refractivity contribution in [2.24, 2.45) is 11.8 Å². The highest BCUT2D eigenvalue weighted by Crippen LogP contribution is 2.30. The summed E-state index contributed by atoms with van der Waals surface area (Å²) in [7, 11) is 0. The van der Waals surface area contributed by atoms with Gasteiger partial charge in [-0.05, 0) is 69.4 Å². The molecule has 0 aliphatic heterocycles. The second-order valence-corrected chi connectivity index (χ2v) is 7.64. The van der Waals surface area contributed by atoms with Gasteiger partial charge in [0.2, 0.25) is 11.8 Å². The number of hydrogen-bond donors (Lipinski definition) is 2. The molecule has 29 heavy (non-hydrogen) atoms. The average molecular weight is 395 g/mol. The van der Waals surface area contributed by atoms with Gasteiger partial charge in [-0.1, -0.05) is 30.3 Å². The summed E-state index contributed by atoms with van der Waals surface area (Å²) in [6.45, 7) is 4.56. The summed E-state index contributed by atoms with van der Waals surface area (Å²) in [5, 5.41) is 6.10. The van der Waals surface area contributed by atoms with Crippen molar-refractivity contribution in [3.8, 4) is 5.75 Å². The molecule has 5 nitrogen and oxygen atoms in total. The maximum Gasteiger partial charge on any atom is 0.227 e. The summed E-state index contributed by atoms with van der Waals surface area (Å²) >= 11 is 0. The first kappa shape index (κ1) is 20.9. The minimum Gasteiger partial charge on any atom is -0.494 e. The van der Waals surface area contributed by atoms with E-state index in [1.54, 1.807) is 0 Å². The zero-order chi connectivity index (χ0) is 20.6. The maximum atomic E-state index is 12.6. The Morgan fingerprint density at radius 1 is 0.931 bits per heavy atom. The lowest BCUT2D eigenvalue weighted by Gasteiger charge is -2.28. The quantitative estimate of drug-likeness (QED) is 0.715. The van der Waals surface area contributed by atoms with Crippen LogP contribution in [0.1, 0.15) is 51.1 Å². The van der Waals surface area contributed by atoms with Gasteiger partial charge in [-0.15, -0.1) is 0 Å². The number of carbonyl (C=O) groups excluding carboxylic acids is 2. The van der Waals surface area contributed by atoms with Crippen molar-refractivity contribution in [1.82, 2.24) is 5.32 Å². The van der Waals surface area contributed by atoms with Gasteiger partial charge in [0.1, 0.15) is 5.75 Å². The molecule has 0 radical (unpaired) electrons. The first-order valence-corrected chi connectivity index (χ1v) is 10.5. The average Bonchev–Trinajstić information content (AvgIpc) is 2.76. The van der Waals surface area contributed by atoms with Gasteiger partial charge in [-0.2, -0.15) is 0 Å². The van der Waals surface area contributed by atoms with Crippen molar-refractivity contribution in [2.45, 2.75) is 45.6 Å². The summed E-state index contributed by atoms with van der Waals surface area (Å²) in [6, 6.07) is 17.4. The number of amides is 2. The molecule has 1 aliphatic carbocycles. The fourth-order valence-electron chi connectivity index (χ4n) is 3.82. The SMILES string of the molecule is CCOc1ccc(NC(=O)C2CCC(C(=O)NC(C)c3ccccc3)CC2)cc1. The van der Waals surface area contributed by atoms with Gasteiger partial charge in [-0.3, -0.25) is 9.59 Å². The predicted octanol–water partition coefficient (Wildman–Crippen LogP) is 4.71. The van der Waals surface area contributed by atoms with Gasteiger partial charge in [0.25, 0.3) is 0 Å². The molecule has 0 heterocycles. The van der Waals surface area contributed by atoms with Gasteiger partial charge >= 0.3 is 0 Å². The number of ether oxygens (including phenoxy) is 1. The third-order valence-electron chi connectivity index (χ3n) is 5.56. The van der Waals surface area contributed by atoms with E-state index in [0.717, 1.165) is 42.7 Å². The number of rotatable bonds is 7. The molecule has 1 unspecified atom stereocenters. The van der Waals surface area contributed by atoms with E-state index in [1.165, 1.54) is 0 Å². The molecular weight excluding hydrogens is 364 g/mol. The molecule has 154 valence electrons. The highest BCUT2D eigenvalue weighted by Gasteiger charge is 2.30. The van der Waals surface area contributed by atoms with Crippen molar-refractivity contribution in [3.63, 3.8) is 0 Å². The summed E-state index contributed by atoms with van der Waals surface area (Å²) in [6.07, 6.45) is 2.96. The van der Waals surface area contributed by atoms with Crippen LogP contribution in [-0.2, 0) is 9.59 Å². The van der Waals surface area contributed by atoms with Crippen molar-refractivity contribution >= 4 is 17.5 Å². The molecule has 2 amide bonds. The Morgan fingerprint density at radius 2 is 1.52 bits per heavy atom. The fourth-order valence-corrected chi connectivity index (χ4v) is 3.82. The van der Waals surface area contributed by atoms with Crippen molar-refractivity contribution < 1.29 is 14.3 Å². The fraction of sp³-hybridized carbons (Fsp3) is 0.417. The molecule has 2 aromatic rings. The Kier molecular flexibility index (Phi) is 7.28. The Balaban J connectivity index is 1.45. The lowest BCUT2D eigenvalue weighted by atomic mass is 9.81. The Labute approximate surface area is 172 Å². The van der Waals surface area contributed by atoms with E-state index in [4.69, 9.17) is 4.74 Å². The van der Waals surface area contributed by atoms with Gasteiger partial charge in [0.05, 0.1) is 12.6 Å². The molecule has 1 aliphatic rings. The second kappa shape index (κ2) is 10.1. The number of benzene rings is 2. The highest BCUT2D eigenvalue weighted by molar-refractivity contribution is 5.92. The molecule has 0 spiro atoms. The van der Waals surface area contributed by atoms with Crippen LogP contribution >= 0.6 is 0 Å². The van der Waals surface area contributed by atoms with Crippen LogP contribution in [0, 0.1) is 11.8 Å². The largest absolute Gasteiger partial charge is 0.494 e. The molecule has 2 aromatic carbocycles. The van der Waals surface area contributed by atoms with E-state index < -0.39 is 0 Å². The van der Waals surface area contributed by atoms with Crippen LogP contribution in [0.4, 0.5) is 5.69 Å². The predicted molar refractivity (Wildman–Crippen MR) is 115 cm³/mol. The van der Waals surface area contributed by atoms with Crippen LogP contribution in [0.15, 0.2) is 54.6 Å². The first-order chi connectivity index (χ1) is 14.1. The molecule has 0 bridgehead atoms. The van der Waals surface area contributed by atoms with Crippen molar-refractivity contribution in [1.29, 1.82) is 0 Å². The summed E-state index contributed by atoms with van der Waals surface area (Å²) in [5.41, 5.74) is 1.87. The lowest BCUT2D eigenvalue weighted by molar-refractivity contribution is -0.129. The van der Waals surface area contributed by atoms with Gasteiger partial charge in [-0.25, -0.2) is 0 Å². The molecule has 0 aromatic heterocycles. The molecule has 0 saturated heterocycles. The molecule has 2 N–H and O–H groups in total. The summed E-state index contributed by atoms with van der Waals surface area (Å²) in [5.74, 6) is 0.854. The molecule has 5 heteroatoms.